The summed E-state index contributed by atoms with van der Waals surface area (Å²) < 4.78 is 0. The Morgan fingerprint density at radius 1 is 1.20 bits per heavy atom. The molecule has 0 saturated carbocycles. The lowest BCUT2D eigenvalue weighted by molar-refractivity contribution is -0.151. The first kappa shape index (κ1) is 17.5. The Labute approximate surface area is 148 Å². The molecule has 0 bridgehead atoms. The number of rotatable bonds is 2. The van der Waals surface area contributed by atoms with Crippen LogP contribution in [0.3, 0.4) is 0 Å². The van der Waals surface area contributed by atoms with E-state index < -0.39 is 6.04 Å². The van der Waals surface area contributed by atoms with Crippen LogP contribution in [0.2, 0.25) is 0 Å². The molecule has 3 unspecified atom stereocenters. The molecule has 3 atom stereocenters. The zero-order chi connectivity index (χ0) is 18.3. The van der Waals surface area contributed by atoms with Gasteiger partial charge < -0.3 is 15.1 Å². The number of fused-ring (bicyclic) bond motifs is 1. The summed E-state index contributed by atoms with van der Waals surface area (Å²) in [6.45, 7) is 8.19. The average Bonchev–Trinajstić information content (AvgIpc) is 2.95. The van der Waals surface area contributed by atoms with Gasteiger partial charge in [0.2, 0.25) is 11.8 Å². The molecule has 3 rings (SSSR count). The molecule has 1 aromatic rings. The summed E-state index contributed by atoms with van der Waals surface area (Å²) in [6, 6.07) is 5.29. The van der Waals surface area contributed by atoms with Crippen molar-refractivity contribution in [2.75, 3.05) is 13.1 Å². The molecular formula is C19H25N3O3. The van der Waals surface area contributed by atoms with Crippen molar-refractivity contribution < 1.29 is 14.4 Å². The number of carbonyl (C=O) groups is 3. The summed E-state index contributed by atoms with van der Waals surface area (Å²) in [5, 5.41) is 3.06. The van der Waals surface area contributed by atoms with Crippen LogP contribution in [0.15, 0.2) is 18.2 Å². The van der Waals surface area contributed by atoms with Crippen molar-refractivity contribution in [3.63, 3.8) is 0 Å². The molecule has 2 saturated heterocycles. The molecule has 3 amide bonds. The second-order valence-electron chi connectivity index (χ2n) is 7.22. The Hall–Kier alpha value is -2.37. The minimum Gasteiger partial charge on any atom is -0.347 e. The van der Waals surface area contributed by atoms with Crippen molar-refractivity contribution in [2.24, 2.45) is 0 Å². The molecule has 2 aliphatic rings. The third-order valence-corrected chi connectivity index (χ3v) is 5.31. The van der Waals surface area contributed by atoms with Gasteiger partial charge >= 0.3 is 0 Å². The second kappa shape index (κ2) is 6.50. The summed E-state index contributed by atoms with van der Waals surface area (Å²) >= 11 is 0. The number of hydrogen-bond donors (Lipinski definition) is 1. The van der Waals surface area contributed by atoms with E-state index in [0.29, 0.717) is 25.1 Å². The minimum atomic E-state index is -0.429. The highest BCUT2D eigenvalue weighted by molar-refractivity contribution is 5.96. The van der Waals surface area contributed by atoms with E-state index in [1.54, 1.807) is 11.8 Å². The fourth-order valence-corrected chi connectivity index (χ4v) is 3.87. The molecule has 1 N–H and O–H groups in total. The topological polar surface area (TPSA) is 69.7 Å². The number of nitrogens with one attached hydrogen (secondary N) is 1. The van der Waals surface area contributed by atoms with E-state index in [2.05, 4.69) is 5.32 Å². The largest absolute Gasteiger partial charge is 0.347 e. The molecule has 6 nitrogen and oxygen atoms in total. The smallest absolute Gasteiger partial charge is 0.251 e. The van der Waals surface area contributed by atoms with Gasteiger partial charge in [0.25, 0.3) is 5.91 Å². The normalized spacial score (nSPS) is 25.8. The van der Waals surface area contributed by atoms with E-state index >= 15 is 0 Å². The molecule has 2 heterocycles. The van der Waals surface area contributed by atoms with Crippen molar-refractivity contribution in [1.82, 2.24) is 15.1 Å². The lowest BCUT2D eigenvalue weighted by Gasteiger charge is -2.40. The number of aryl methyl sites for hydroxylation is 2. The fourth-order valence-electron chi connectivity index (χ4n) is 3.87. The maximum atomic E-state index is 12.6. The number of nitrogens with zero attached hydrogens (tertiary/aromatic N) is 2. The van der Waals surface area contributed by atoms with Crippen LogP contribution in [0.5, 0.6) is 0 Å². The van der Waals surface area contributed by atoms with Crippen molar-refractivity contribution in [3.05, 3.63) is 34.9 Å². The van der Waals surface area contributed by atoms with Crippen molar-refractivity contribution in [2.45, 2.75) is 52.2 Å². The van der Waals surface area contributed by atoms with Gasteiger partial charge in [-0.3, -0.25) is 14.4 Å². The highest BCUT2D eigenvalue weighted by atomic mass is 16.2. The Morgan fingerprint density at radius 2 is 1.92 bits per heavy atom. The van der Waals surface area contributed by atoms with Crippen LogP contribution in [0, 0.1) is 13.8 Å². The summed E-state index contributed by atoms with van der Waals surface area (Å²) in [5.74, 6) is -0.215. The van der Waals surface area contributed by atoms with E-state index in [4.69, 9.17) is 0 Å². The van der Waals surface area contributed by atoms with Crippen LogP contribution < -0.4 is 5.32 Å². The maximum Gasteiger partial charge on any atom is 0.251 e. The van der Waals surface area contributed by atoms with Gasteiger partial charge in [0.05, 0.1) is 6.04 Å². The van der Waals surface area contributed by atoms with Crippen molar-refractivity contribution in [1.29, 1.82) is 0 Å². The van der Waals surface area contributed by atoms with Crippen LogP contribution in [0.25, 0.3) is 0 Å². The van der Waals surface area contributed by atoms with Crippen molar-refractivity contribution >= 4 is 17.7 Å². The SMILES string of the molecule is CC(=O)N1CC2CC(NC(=O)c3cc(C)ccc3C)CN2C(=O)C1C. The minimum absolute atomic E-state index is 0.0171. The molecule has 0 spiro atoms. The molecular weight excluding hydrogens is 318 g/mol. The Bertz CT molecular complexity index is 731. The van der Waals surface area contributed by atoms with E-state index in [9.17, 15) is 14.4 Å². The molecule has 1 aromatic carbocycles. The third kappa shape index (κ3) is 3.25. The monoisotopic (exact) mass is 343 g/mol. The van der Waals surface area contributed by atoms with Gasteiger partial charge in [0.1, 0.15) is 6.04 Å². The average molecular weight is 343 g/mol. The van der Waals surface area contributed by atoms with Crippen LogP contribution in [-0.4, -0.2) is 58.7 Å². The Balaban J connectivity index is 1.71. The molecule has 6 heteroatoms. The predicted octanol–water partition coefficient (Wildman–Crippen LogP) is 1.25. The molecule has 0 radical (unpaired) electrons. The predicted molar refractivity (Wildman–Crippen MR) is 94.1 cm³/mol. The highest BCUT2D eigenvalue weighted by Crippen LogP contribution is 2.26. The molecule has 0 aromatic heterocycles. The van der Waals surface area contributed by atoms with E-state index in [0.717, 1.165) is 11.1 Å². The quantitative estimate of drug-likeness (QED) is 0.879. The van der Waals surface area contributed by atoms with Gasteiger partial charge in [-0.2, -0.15) is 0 Å². The third-order valence-electron chi connectivity index (χ3n) is 5.31. The van der Waals surface area contributed by atoms with Crippen LogP contribution in [0.4, 0.5) is 0 Å². The number of benzene rings is 1. The first-order valence-electron chi connectivity index (χ1n) is 8.73. The van der Waals surface area contributed by atoms with Crippen LogP contribution >= 0.6 is 0 Å². The van der Waals surface area contributed by atoms with E-state index in [1.807, 2.05) is 36.9 Å². The van der Waals surface area contributed by atoms with E-state index in [1.165, 1.54) is 6.92 Å². The Kier molecular flexibility index (Phi) is 4.54. The number of carbonyl (C=O) groups excluding carboxylic acids is 3. The summed E-state index contributed by atoms with van der Waals surface area (Å²) in [4.78, 5) is 40.3. The molecule has 134 valence electrons. The summed E-state index contributed by atoms with van der Waals surface area (Å²) in [7, 11) is 0. The maximum absolute atomic E-state index is 12.6. The van der Waals surface area contributed by atoms with Gasteiger partial charge in [0.15, 0.2) is 0 Å². The van der Waals surface area contributed by atoms with Gasteiger partial charge in [-0.25, -0.2) is 0 Å². The van der Waals surface area contributed by atoms with Gasteiger partial charge in [-0.15, -0.1) is 0 Å². The van der Waals surface area contributed by atoms with Crippen LogP contribution in [0.1, 0.15) is 41.8 Å². The van der Waals surface area contributed by atoms with Gasteiger partial charge in [0, 0.05) is 31.6 Å². The molecule has 25 heavy (non-hydrogen) atoms. The lowest BCUT2D eigenvalue weighted by Crippen LogP contribution is -2.59. The first-order chi connectivity index (χ1) is 11.8. The van der Waals surface area contributed by atoms with Crippen LogP contribution in [-0.2, 0) is 9.59 Å². The lowest BCUT2D eigenvalue weighted by atomic mass is 10.0. The van der Waals surface area contributed by atoms with Crippen molar-refractivity contribution in [3.8, 4) is 0 Å². The molecule has 2 aliphatic heterocycles. The second-order valence-corrected chi connectivity index (χ2v) is 7.22. The fraction of sp³-hybridized carbons (Fsp3) is 0.526. The zero-order valence-electron chi connectivity index (χ0n) is 15.2. The molecule has 0 aliphatic carbocycles. The van der Waals surface area contributed by atoms with Gasteiger partial charge in [-0.1, -0.05) is 17.7 Å². The molecule has 2 fully saturated rings. The standard InChI is InChI=1S/C19H25N3O3/c1-11-5-6-12(2)17(7-11)18(24)20-15-8-16-10-21(14(4)23)13(3)19(25)22(16)9-15/h5-7,13,15-16H,8-10H2,1-4H3,(H,20,24). The number of piperazine rings is 1. The zero-order valence-corrected chi connectivity index (χ0v) is 15.2. The summed E-state index contributed by atoms with van der Waals surface area (Å²) in [6.07, 6.45) is 0.679. The first-order valence-corrected chi connectivity index (χ1v) is 8.73. The van der Waals surface area contributed by atoms with E-state index in [-0.39, 0.29) is 29.8 Å². The summed E-state index contributed by atoms with van der Waals surface area (Å²) in [5.41, 5.74) is 2.65. The number of hydrogen-bond acceptors (Lipinski definition) is 3. The van der Waals surface area contributed by atoms with Gasteiger partial charge in [-0.05, 0) is 38.8 Å². The Morgan fingerprint density at radius 3 is 2.60 bits per heavy atom. The highest BCUT2D eigenvalue weighted by Gasteiger charge is 2.44. The number of amides is 3.